The molecule has 4 amide bonds. The minimum Gasteiger partial charge on any atom is -0.458 e. The second kappa shape index (κ2) is 7.25. The first kappa shape index (κ1) is 20.2. The summed E-state index contributed by atoms with van der Waals surface area (Å²) in [4.78, 5) is 50.8. The number of hydrogen-bond donors (Lipinski definition) is 1. The molecule has 26 heavy (non-hydrogen) atoms. The molecule has 0 aromatic heterocycles. The van der Waals surface area contributed by atoms with Crippen LogP contribution in [0.15, 0.2) is 0 Å². The van der Waals surface area contributed by atoms with Gasteiger partial charge in [-0.05, 0) is 34.1 Å². The number of carbonyl (C=O) groups excluding carboxylic acids is 4. The van der Waals surface area contributed by atoms with E-state index < -0.39 is 35.1 Å². The van der Waals surface area contributed by atoms with E-state index in [9.17, 15) is 19.2 Å². The second-order valence-corrected chi connectivity index (χ2v) is 8.10. The molecule has 2 aliphatic rings. The topological polar surface area (TPSA) is 96.0 Å². The van der Waals surface area contributed by atoms with Crippen LogP contribution in [0.5, 0.6) is 0 Å². The fourth-order valence-corrected chi connectivity index (χ4v) is 3.31. The molecule has 0 aromatic rings. The Kier molecular flexibility index (Phi) is 5.63. The summed E-state index contributed by atoms with van der Waals surface area (Å²) in [5.41, 5.74) is 0.551. The van der Waals surface area contributed by atoms with Crippen LogP contribution in [0.2, 0.25) is 0 Å². The van der Waals surface area contributed by atoms with Crippen molar-refractivity contribution in [3.05, 3.63) is 0 Å². The highest BCUT2D eigenvalue weighted by Crippen LogP contribution is 2.35. The Morgan fingerprint density at radius 1 is 1.15 bits per heavy atom. The van der Waals surface area contributed by atoms with Gasteiger partial charge in [-0.1, -0.05) is 26.2 Å². The maximum absolute atomic E-state index is 12.8. The standard InChI is InChI=1S/C18H29N3O5/c1-6-7-8-9-10-13(22)19-21-16(25)20(15(24)18(21,4)5)12-11-17(2,3)26-14(12)23/h12H,6-11H2,1-5H3,(H,19,22). The first-order chi connectivity index (χ1) is 12.0. The van der Waals surface area contributed by atoms with Gasteiger partial charge in [0.2, 0.25) is 5.91 Å². The molecule has 2 rings (SSSR count). The van der Waals surface area contributed by atoms with Crippen molar-refractivity contribution in [1.29, 1.82) is 0 Å². The van der Waals surface area contributed by atoms with E-state index in [2.05, 4.69) is 12.3 Å². The van der Waals surface area contributed by atoms with E-state index in [4.69, 9.17) is 4.74 Å². The largest absolute Gasteiger partial charge is 0.458 e. The molecule has 0 aliphatic carbocycles. The minimum absolute atomic E-state index is 0.234. The number of nitrogens with zero attached hydrogens (tertiary/aromatic N) is 2. The normalized spacial score (nSPS) is 24.2. The zero-order valence-electron chi connectivity index (χ0n) is 16.3. The van der Waals surface area contributed by atoms with Crippen LogP contribution in [0, 0.1) is 0 Å². The zero-order chi connectivity index (χ0) is 19.7. The molecule has 8 heteroatoms. The molecule has 1 atom stereocenters. The monoisotopic (exact) mass is 367 g/mol. The number of rotatable bonds is 7. The highest BCUT2D eigenvalue weighted by molar-refractivity contribution is 6.09. The lowest BCUT2D eigenvalue weighted by Gasteiger charge is -2.27. The number of unbranched alkanes of at least 4 members (excludes halogenated alkanes) is 3. The lowest BCUT2D eigenvalue weighted by molar-refractivity contribution is -0.151. The van der Waals surface area contributed by atoms with Gasteiger partial charge >= 0.3 is 12.0 Å². The molecule has 2 heterocycles. The maximum atomic E-state index is 12.8. The van der Waals surface area contributed by atoms with Crippen LogP contribution in [0.3, 0.4) is 0 Å². The molecule has 8 nitrogen and oxygen atoms in total. The first-order valence-electron chi connectivity index (χ1n) is 9.21. The van der Waals surface area contributed by atoms with Gasteiger partial charge in [-0.15, -0.1) is 0 Å². The first-order valence-corrected chi connectivity index (χ1v) is 9.21. The summed E-state index contributed by atoms with van der Waals surface area (Å²) in [6.45, 7) is 8.65. The van der Waals surface area contributed by atoms with E-state index in [1.807, 2.05) is 0 Å². The molecule has 0 spiro atoms. The Bertz CT molecular complexity index is 614. The molecule has 0 bridgehead atoms. The van der Waals surface area contributed by atoms with E-state index >= 15 is 0 Å². The zero-order valence-corrected chi connectivity index (χ0v) is 16.3. The van der Waals surface area contributed by atoms with Crippen LogP contribution in [-0.2, 0) is 19.1 Å². The molecule has 0 aromatic carbocycles. The predicted octanol–water partition coefficient (Wildman–Crippen LogP) is 2.12. The Morgan fingerprint density at radius 2 is 1.81 bits per heavy atom. The fraction of sp³-hybridized carbons (Fsp3) is 0.778. The van der Waals surface area contributed by atoms with E-state index in [-0.39, 0.29) is 18.7 Å². The number of urea groups is 1. The highest BCUT2D eigenvalue weighted by atomic mass is 16.6. The van der Waals surface area contributed by atoms with Gasteiger partial charge in [-0.25, -0.2) is 19.5 Å². The van der Waals surface area contributed by atoms with Crippen LogP contribution in [-0.4, -0.2) is 50.9 Å². The van der Waals surface area contributed by atoms with Crippen LogP contribution < -0.4 is 5.43 Å². The lowest BCUT2D eigenvalue weighted by atomic mass is 10.0. The number of nitrogens with one attached hydrogen (secondary N) is 1. The number of amides is 4. The molecule has 2 saturated heterocycles. The number of imide groups is 1. The summed E-state index contributed by atoms with van der Waals surface area (Å²) in [5, 5.41) is 1.04. The summed E-state index contributed by atoms with van der Waals surface area (Å²) in [6.07, 6.45) is 4.30. The van der Waals surface area contributed by atoms with Gasteiger partial charge in [-0.3, -0.25) is 15.0 Å². The Balaban J connectivity index is 2.09. The third-order valence-electron chi connectivity index (χ3n) is 4.84. The summed E-state index contributed by atoms with van der Waals surface area (Å²) in [7, 11) is 0. The maximum Gasteiger partial charge on any atom is 0.347 e. The Hall–Kier alpha value is -2.12. The third kappa shape index (κ3) is 3.83. The number of esters is 1. The van der Waals surface area contributed by atoms with Crippen LogP contribution >= 0.6 is 0 Å². The summed E-state index contributed by atoms with van der Waals surface area (Å²) >= 11 is 0. The quantitative estimate of drug-likeness (QED) is 0.422. The predicted molar refractivity (Wildman–Crippen MR) is 93.6 cm³/mol. The molecule has 2 aliphatic heterocycles. The number of cyclic esters (lactones) is 1. The second-order valence-electron chi connectivity index (χ2n) is 8.10. The number of carbonyl (C=O) groups is 4. The molecule has 2 fully saturated rings. The smallest absolute Gasteiger partial charge is 0.347 e. The van der Waals surface area contributed by atoms with Gasteiger partial charge in [0.15, 0.2) is 0 Å². The van der Waals surface area contributed by atoms with Gasteiger partial charge in [0.25, 0.3) is 5.91 Å². The van der Waals surface area contributed by atoms with E-state index in [0.717, 1.165) is 35.6 Å². The molecule has 1 unspecified atom stereocenters. The van der Waals surface area contributed by atoms with Crippen molar-refractivity contribution in [3.8, 4) is 0 Å². The Morgan fingerprint density at radius 3 is 2.35 bits per heavy atom. The molecular formula is C18H29N3O5. The Labute approximate surface area is 154 Å². The third-order valence-corrected chi connectivity index (χ3v) is 4.84. The lowest BCUT2D eigenvalue weighted by Crippen LogP contribution is -2.54. The van der Waals surface area contributed by atoms with Gasteiger partial charge in [0, 0.05) is 12.8 Å². The van der Waals surface area contributed by atoms with Crippen LogP contribution in [0.1, 0.15) is 73.1 Å². The average Bonchev–Trinajstić information content (AvgIpc) is 2.89. The van der Waals surface area contributed by atoms with Crippen molar-refractivity contribution in [2.45, 2.75) is 90.3 Å². The molecule has 1 N–H and O–H groups in total. The van der Waals surface area contributed by atoms with Crippen molar-refractivity contribution in [2.75, 3.05) is 0 Å². The molecule has 0 radical (unpaired) electrons. The van der Waals surface area contributed by atoms with Crippen molar-refractivity contribution < 1.29 is 23.9 Å². The van der Waals surface area contributed by atoms with Crippen LogP contribution in [0.25, 0.3) is 0 Å². The average molecular weight is 367 g/mol. The SMILES string of the molecule is CCCCCCC(=O)NN1C(=O)N(C2CC(C)(C)OC2=O)C(=O)C1(C)C. The summed E-state index contributed by atoms with van der Waals surface area (Å²) < 4.78 is 5.24. The fourth-order valence-electron chi connectivity index (χ4n) is 3.31. The van der Waals surface area contributed by atoms with Gasteiger partial charge in [-0.2, -0.15) is 0 Å². The molecule has 146 valence electrons. The molecular weight excluding hydrogens is 338 g/mol. The van der Waals surface area contributed by atoms with E-state index in [1.165, 1.54) is 0 Å². The van der Waals surface area contributed by atoms with Gasteiger partial charge < -0.3 is 4.74 Å². The van der Waals surface area contributed by atoms with E-state index in [1.54, 1.807) is 27.7 Å². The van der Waals surface area contributed by atoms with Crippen molar-refractivity contribution in [3.63, 3.8) is 0 Å². The van der Waals surface area contributed by atoms with Crippen molar-refractivity contribution in [1.82, 2.24) is 15.3 Å². The van der Waals surface area contributed by atoms with Crippen LogP contribution in [0.4, 0.5) is 4.79 Å². The number of hydrogen-bond acceptors (Lipinski definition) is 5. The van der Waals surface area contributed by atoms with Crippen molar-refractivity contribution in [2.24, 2.45) is 0 Å². The minimum atomic E-state index is -1.26. The highest BCUT2D eigenvalue weighted by Gasteiger charge is 2.58. The van der Waals surface area contributed by atoms with E-state index in [0.29, 0.717) is 0 Å². The van der Waals surface area contributed by atoms with Gasteiger partial charge in [0.1, 0.15) is 17.2 Å². The summed E-state index contributed by atoms with van der Waals surface area (Å²) in [6, 6.07) is -1.66. The molecule has 0 saturated carbocycles. The number of hydrazine groups is 1. The van der Waals surface area contributed by atoms with Crippen molar-refractivity contribution >= 4 is 23.8 Å². The van der Waals surface area contributed by atoms with Gasteiger partial charge in [0.05, 0.1) is 0 Å². The number of ether oxygens (including phenoxy) is 1. The summed E-state index contributed by atoms with van der Waals surface area (Å²) in [5.74, 6) is -1.43.